The molecule has 1 aromatic carbocycles. The molecule has 0 spiro atoms. The molecule has 0 atom stereocenters. The first-order valence-corrected chi connectivity index (χ1v) is 6.63. The second kappa shape index (κ2) is 10.3. The first-order chi connectivity index (χ1) is 7.29. The Labute approximate surface area is 96.1 Å². The van der Waals surface area contributed by atoms with Crippen molar-refractivity contribution < 1.29 is 25.2 Å². The van der Waals surface area contributed by atoms with E-state index >= 15 is 0 Å². The van der Waals surface area contributed by atoms with Crippen LogP contribution in [0.3, 0.4) is 0 Å². The number of hydrogen-bond donors (Lipinski definition) is 0. The summed E-state index contributed by atoms with van der Waals surface area (Å²) in [6, 6.07) is 12.0. The quantitative estimate of drug-likeness (QED) is 0.679. The lowest BCUT2D eigenvalue weighted by molar-refractivity contribution is 0.403. The second-order valence-corrected chi connectivity index (χ2v) is 4.38. The van der Waals surface area contributed by atoms with Gasteiger partial charge >= 0.3 is 10.6 Å². The van der Waals surface area contributed by atoms with Crippen LogP contribution in [0.4, 0.5) is 0 Å². The predicted octanol–water partition coefficient (Wildman–Crippen LogP) is 0.275. The summed E-state index contributed by atoms with van der Waals surface area (Å²) in [6.45, 7) is 0. The van der Waals surface area contributed by atoms with Crippen LogP contribution < -0.4 is 0 Å². The highest BCUT2D eigenvalue weighted by Crippen LogP contribution is 1.79. The Kier molecular flexibility index (Phi) is 11.0. The fraction of sp³-hybridized carbons (Fsp3) is 0.250. The van der Waals surface area contributed by atoms with E-state index in [-0.39, 0.29) is 0 Å². The minimum atomic E-state index is -3.16. The topological polar surface area (TPSA) is 94.6 Å². The van der Waals surface area contributed by atoms with Crippen molar-refractivity contribution in [2.75, 3.05) is 13.4 Å². The third-order valence-electron chi connectivity index (χ3n) is 0.969. The lowest BCUT2D eigenvalue weighted by Gasteiger charge is -1.84. The average Bonchev–Trinajstić information content (AvgIpc) is 2.19. The number of rotatable bonds is 1. The molecular formula is C8H12O6S2. The Morgan fingerprint density at radius 3 is 1.06 bits per heavy atom. The zero-order valence-electron chi connectivity index (χ0n) is 8.73. The Bertz CT molecular complexity index is 414. The van der Waals surface area contributed by atoms with Gasteiger partial charge in [0, 0.05) is 0 Å². The van der Waals surface area contributed by atoms with Crippen molar-refractivity contribution in [2.45, 2.75) is 0 Å². The molecule has 0 fully saturated rings. The van der Waals surface area contributed by atoms with Gasteiger partial charge < -0.3 is 0 Å². The van der Waals surface area contributed by atoms with Crippen LogP contribution in [-0.2, 0) is 24.9 Å². The summed E-state index contributed by atoms with van der Waals surface area (Å²) in [5, 5.41) is 0. The van der Waals surface area contributed by atoms with Crippen molar-refractivity contribution in [1.82, 2.24) is 0 Å². The summed E-state index contributed by atoms with van der Waals surface area (Å²) >= 11 is 0. The summed E-state index contributed by atoms with van der Waals surface area (Å²) in [4.78, 5) is 0. The molecule has 0 unspecified atom stereocenters. The van der Waals surface area contributed by atoms with Gasteiger partial charge in [-0.15, -0.1) is 12.6 Å². The van der Waals surface area contributed by atoms with Gasteiger partial charge in [-0.3, -0.25) is 4.18 Å². The maximum Gasteiger partial charge on any atom is 0.425 e. The number of hydrogen-bond acceptors (Lipinski definition) is 6. The molecule has 0 bridgehead atoms. The largest absolute Gasteiger partial charge is 0.425 e. The molecule has 0 aliphatic rings. The molecule has 6 nitrogen and oxygen atoms in total. The van der Waals surface area contributed by atoms with Gasteiger partial charge in [-0.2, -0.15) is 8.42 Å². The second-order valence-electron chi connectivity index (χ2n) is 2.23. The minimum absolute atomic E-state index is 0.993. The van der Waals surface area contributed by atoms with E-state index in [1.807, 2.05) is 36.4 Å². The lowest BCUT2D eigenvalue weighted by atomic mass is 10.4. The SMILES string of the molecule is COS(C)(=O)=O.O=S(=O)=O.c1ccccc1. The van der Waals surface area contributed by atoms with Gasteiger partial charge in [0.2, 0.25) is 0 Å². The maximum atomic E-state index is 9.78. The van der Waals surface area contributed by atoms with Crippen LogP contribution in [0, 0.1) is 0 Å². The predicted molar refractivity (Wildman–Crippen MR) is 58.0 cm³/mol. The van der Waals surface area contributed by atoms with Crippen LogP contribution in [0.15, 0.2) is 36.4 Å². The first-order valence-electron chi connectivity index (χ1n) is 3.82. The smallest absolute Gasteiger partial charge is 0.274 e. The Balaban J connectivity index is 0. The van der Waals surface area contributed by atoms with Crippen LogP contribution >= 0.6 is 0 Å². The Morgan fingerprint density at radius 2 is 1.00 bits per heavy atom. The molecule has 0 N–H and O–H groups in total. The van der Waals surface area contributed by atoms with E-state index in [1.54, 1.807) is 0 Å². The van der Waals surface area contributed by atoms with Crippen molar-refractivity contribution in [3.8, 4) is 0 Å². The molecule has 0 aliphatic carbocycles. The van der Waals surface area contributed by atoms with E-state index in [2.05, 4.69) is 4.18 Å². The molecule has 1 aromatic rings. The van der Waals surface area contributed by atoms with Gasteiger partial charge in [0.05, 0.1) is 13.4 Å². The van der Waals surface area contributed by atoms with E-state index in [4.69, 9.17) is 12.6 Å². The molecular weight excluding hydrogens is 256 g/mol. The fourth-order valence-electron chi connectivity index (χ4n) is 0.385. The van der Waals surface area contributed by atoms with Crippen molar-refractivity contribution in [3.63, 3.8) is 0 Å². The Morgan fingerprint density at radius 1 is 0.875 bits per heavy atom. The van der Waals surface area contributed by atoms with Crippen LogP contribution in [-0.4, -0.2) is 34.4 Å². The molecule has 92 valence electrons. The van der Waals surface area contributed by atoms with Gasteiger partial charge in [0.25, 0.3) is 10.1 Å². The molecule has 0 heterocycles. The van der Waals surface area contributed by atoms with E-state index in [1.165, 1.54) is 0 Å². The first kappa shape index (κ1) is 17.2. The zero-order chi connectivity index (χ0) is 13.0. The standard InChI is InChI=1S/C6H6.C2H6O3S.O3S/c1-2-4-6-5-3-1;1-5-6(2,3)4;1-4(2)3/h1-6H;1-2H3;. The van der Waals surface area contributed by atoms with E-state index in [0.717, 1.165) is 13.4 Å². The highest BCUT2D eigenvalue weighted by molar-refractivity contribution is 7.85. The minimum Gasteiger partial charge on any atom is -0.274 e. The summed E-state index contributed by atoms with van der Waals surface area (Å²) in [5.41, 5.74) is 0. The molecule has 0 saturated carbocycles. The molecule has 0 aromatic heterocycles. The Hall–Kier alpha value is -1.25. The molecule has 16 heavy (non-hydrogen) atoms. The van der Waals surface area contributed by atoms with E-state index in [9.17, 15) is 8.42 Å². The van der Waals surface area contributed by atoms with Gasteiger partial charge in [0.15, 0.2) is 0 Å². The molecule has 1 rings (SSSR count). The van der Waals surface area contributed by atoms with Crippen LogP contribution in [0.5, 0.6) is 0 Å². The van der Waals surface area contributed by atoms with Crippen LogP contribution in [0.1, 0.15) is 0 Å². The highest BCUT2D eigenvalue weighted by Gasteiger charge is 1.90. The average molecular weight is 268 g/mol. The van der Waals surface area contributed by atoms with Crippen LogP contribution in [0.25, 0.3) is 0 Å². The zero-order valence-corrected chi connectivity index (χ0v) is 10.4. The summed E-state index contributed by atoms with van der Waals surface area (Å²) in [5.74, 6) is 0. The van der Waals surface area contributed by atoms with E-state index in [0.29, 0.717) is 0 Å². The third kappa shape index (κ3) is 29.3. The normalized spacial score (nSPS) is 8.88. The van der Waals surface area contributed by atoms with Crippen LogP contribution in [0.2, 0.25) is 0 Å². The molecule has 0 amide bonds. The van der Waals surface area contributed by atoms with Gasteiger partial charge in [0.1, 0.15) is 0 Å². The third-order valence-corrected chi connectivity index (χ3v) is 1.57. The van der Waals surface area contributed by atoms with Gasteiger partial charge in [-0.05, 0) is 0 Å². The lowest BCUT2D eigenvalue weighted by Crippen LogP contribution is -1.95. The van der Waals surface area contributed by atoms with Crippen molar-refractivity contribution >= 4 is 20.7 Å². The van der Waals surface area contributed by atoms with E-state index < -0.39 is 20.7 Å². The van der Waals surface area contributed by atoms with Crippen molar-refractivity contribution in [3.05, 3.63) is 36.4 Å². The fourth-order valence-corrected chi connectivity index (χ4v) is 0.385. The van der Waals surface area contributed by atoms with Gasteiger partial charge in [-0.25, -0.2) is 0 Å². The molecule has 0 aliphatic heterocycles. The molecule has 0 saturated heterocycles. The summed E-state index contributed by atoms with van der Waals surface area (Å²) < 4.78 is 48.8. The van der Waals surface area contributed by atoms with Crippen molar-refractivity contribution in [2.24, 2.45) is 0 Å². The van der Waals surface area contributed by atoms with Gasteiger partial charge in [-0.1, -0.05) is 36.4 Å². The highest BCUT2D eigenvalue weighted by atomic mass is 32.2. The number of benzene rings is 1. The molecule has 8 heteroatoms. The van der Waals surface area contributed by atoms with Crippen molar-refractivity contribution in [1.29, 1.82) is 0 Å². The monoisotopic (exact) mass is 268 g/mol. The molecule has 0 radical (unpaired) electrons. The maximum absolute atomic E-state index is 9.78. The summed E-state index contributed by atoms with van der Waals surface area (Å²) in [6.07, 6.45) is 0.993. The summed E-state index contributed by atoms with van der Waals surface area (Å²) in [7, 11) is -5.15.